The van der Waals surface area contributed by atoms with Gasteiger partial charge in [-0.2, -0.15) is 0 Å². The number of rotatable bonds is 6. The summed E-state index contributed by atoms with van der Waals surface area (Å²) in [6.45, 7) is 5.18. The lowest BCUT2D eigenvalue weighted by molar-refractivity contribution is 0.0951. The molecule has 2 fully saturated rings. The number of nitrogens with one attached hydrogen (secondary N) is 1. The summed E-state index contributed by atoms with van der Waals surface area (Å²) in [5.74, 6) is 2.86. The van der Waals surface area contributed by atoms with E-state index in [1.807, 2.05) is 25.1 Å². The monoisotopic (exact) mass is 352 g/mol. The Labute approximate surface area is 155 Å². The maximum atomic E-state index is 12.1. The highest BCUT2D eigenvalue weighted by atomic mass is 16.3. The molecule has 26 heavy (non-hydrogen) atoms. The average molecular weight is 352 g/mol. The molecule has 1 amide bonds. The van der Waals surface area contributed by atoms with Gasteiger partial charge >= 0.3 is 0 Å². The van der Waals surface area contributed by atoms with Gasteiger partial charge in [0, 0.05) is 11.6 Å². The molecular formula is C22H28N2O2. The topological polar surface area (TPSA) is 45.5 Å². The van der Waals surface area contributed by atoms with Crippen LogP contribution in [0.4, 0.5) is 0 Å². The van der Waals surface area contributed by atoms with Crippen molar-refractivity contribution < 1.29 is 9.21 Å². The molecule has 0 spiro atoms. The number of aryl methyl sites for hydroxylation is 1. The fourth-order valence-corrected chi connectivity index (χ4v) is 3.76. The summed E-state index contributed by atoms with van der Waals surface area (Å²) in [5, 5.41) is 3.05. The van der Waals surface area contributed by atoms with Gasteiger partial charge in [0.25, 0.3) is 5.91 Å². The number of amides is 1. The van der Waals surface area contributed by atoms with Crippen molar-refractivity contribution in [2.45, 2.75) is 51.6 Å². The van der Waals surface area contributed by atoms with E-state index >= 15 is 0 Å². The van der Waals surface area contributed by atoms with E-state index in [1.54, 1.807) is 0 Å². The molecule has 2 heterocycles. The second kappa shape index (κ2) is 7.67. The summed E-state index contributed by atoms with van der Waals surface area (Å²) < 4.78 is 5.69. The van der Waals surface area contributed by atoms with Crippen LogP contribution in [0.15, 0.2) is 40.8 Å². The largest absolute Gasteiger partial charge is 0.465 e. The molecular weight excluding hydrogens is 324 g/mol. The Morgan fingerprint density at radius 1 is 1.08 bits per heavy atom. The number of benzene rings is 1. The van der Waals surface area contributed by atoms with Gasteiger partial charge in [-0.3, -0.25) is 9.69 Å². The minimum Gasteiger partial charge on any atom is -0.465 e. The van der Waals surface area contributed by atoms with Crippen LogP contribution in [-0.2, 0) is 13.0 Å². The van der Waals surface area contributed by atoms with Gasteiger partial charge in [0.2, 0.25) is 0 Å². The molecule has 1 aliphatic carbocycles. The zero-order valence-corrected chi connectivity index (χ0v) is 15.5. The van der Waals surface area contributed by atoms with Crippen LogP contribution in [0, 0.1) is 12.8 Å². The van der Waals surface area contributed by atoms with E-state index in [9.17, 15) is 4.79 Å². The molecule has 1 saturated heterocycles. The van der Waals surface area contributed by atoms with Crippen LogP contribution >= 0.6 is 0 Å². The second-order valence-electron chi connectivity index (χ2n) is 7.88. The fourth-order valence-electron chi connectivity index (χ4n) is 3.76. The van der Waals surface area contributed by atoms with Crippen LogP contribution in [0.2, 0.25) is 0 Å². The Bertz CT molecular complexity index is 738. The van der Waals surface area contributed by atoms with Crippen molar-refractivity contribution in [3.05, 3.63) is 59.0 Å². The normalized spacial score (nSPS) is 18.8. The van der Waals surface area contributed by atoms with E-state index in [-0.39, 0.29) is 5.91 Å². The quantitative estimate of drug-likeness (QED) is 0.857. The third-order valence-corrected chi connectivity index (χ3v) is 5.54. The zero-order valence-electron chi connectivity index (χ0n) is 15.5. The Morgan fingerprint density at radius 2 is 1.81 bits per heavy atom. The summed E-state index contributed by atoms with van der Waals surface area (Å²) >= 11 is 0. The molecule has 1 aromatic heterocycles. The lowest BCUT2D eigenvalue weighted by atomic mass is 9.90. The van der Waals surface area contributed by atoms with Gasteiger partial charge < -0.3 is 9.73 Å². The SMILES string of the molecule is Cc1ccc(CN2CCC(Cc3ccc(C(=O)NC4CC4)cc3)CC2)o1. The molecule has 1 saturated carbocycles. The molecule has 0 unspecified atom stereocenters. The third kappa shape index (κ3) is 4.55. The lowest BCUT2D eigenvalue weighted by Gasteiger charge is -2.31. The first-order valence-corrected chi connectivity index (χ1v) is 9.83. The minimum atomic E-state index is 0.0699. The van der Waals surface area contributed by atoms with Gasteiger partial charge in [0.05, 0.1) is 6.54 Å². The van der Waals surface area contributed by atoms with Crippen molar-refractivity contribution in [2.75, 3.05) is 13.1 Å². The third-order valence-electron chi connectivity index (χ3n) is 5.54. The minimum absolute atomic E-state index is 0.0699. The second-order valence-corrected chi connectivity index (χ2v) is 7.88. The lowest BCUT2D eigenvalue weighted by Crippen LogP contribution is -2.33. The van der Waals surface area contributed by atoms with Gasteiger partial charge in [0.1, 0.15) is 11.5 Å². The number of nitrogens with zero attached hydrogens (tertiary/aromatic N) is 1. The van der Waals surface area contributed by atoms with E-state index < -0.39 is 0 Å². The van der Waals surface area contributed by atoms with Gasteiger partial charge in [-0.25, -0.2) is 0 Å². The van der Waals surface area contributed by atoms with Gasteiger partial charge in [0.15, 0.2) is 0 Å². The number of carbonyl (C=O) groups excluding carboxylic acids is 1. The van der Waals surface area contributed by atoms with E-state index in [0.717, 1.165) is 61.9 Å². The smallest absolute Gasteiger partial charge is 0.251 e. The molecule has 2 aromatic rings. The highest BCUT2D eigenvalue weighted by molar-refractivity contribution is 5.94. The standard InChI is InChI=1S/C22H28N2O2/c1-16-2-9-21(26-16)15-24-12-10-18(11-13-24)14-17-3-5-19(6-4-17)22(25)23-20-7-8-20/h2-6,9,18,20H,7-8,10-15H2,1H3,(H,23,25). The Morgan fingerprint density at radius 3 is 2.42 bits per heavy atom. The predicted octanol–water partition coefficient (Wildman–Crippen LogP) is 3.93. The molecule has 0 atom stereocenters. The number of piperidine rings is 1. The van der Waals surface area contributed by atoms with Gasteiger partial charge in [-0.1, -0.05) is 12.1 Å². The molecule has 4 nitrogen and oxygen atoms in total. The maximum Gasteiger partial charge on any atom is 0.251 e. The number of hydrogen-bond donors (Lipinski definition) is 1. The van der Waals surface area contributed by atoms with Crippen molar-refractivity contribution in [1.29, 1.82) is 0 Å². The van der Waals surface area contributed by atoms with Crippen LogP contribution in [0.3, 0.4) is 0 Å². The van der Waals surface area contributed by atoms with Crippen molar-refractivity contribution in [1.82, 2.24) is 10.2 Å². The maximum absolute atomic E-state index is 12.1. The van der Waals surface area contributed by atoms with Crippen LogP contribution in [0.5, 0.6) is 0 Å². The Balaban J connectivity index is 1.24. The summed E-state index contributed by atoms with van der Waals surface area (Å²) in [5.41, 5.74) is 2.12. The molecule has 2 aliphatic rings. The number of furan rings is 1. The van der Waals surface area contributed by atoms with Crippen LogP contribution in [0.25, 0.3) is 0 Å². The average Bonchev–Trinajstić information content (AvgIpc) is 3.37. The molecule has 1 N–H and O–H groups in total. The van der Waals surface area contributed by atoms with Crippen molar-refractivity contribution in [3.8, 4) is 0 Å². The van der Waals surface area contributed by atoms with Gasteiger partial charge in [-0.15, -0.1) is 0 Å². The zero-order chi connectivity index (χ0) is 17.9. The summed E-state index contributed by atoms with van der Waals surface area (Å²) in [6, 6.07) is 12.7. The van der Waals surface area contributed by atoms with E-state index in [1.165, 1.54) is 18.4 Å². The highest BCUT2D eigenvalue weighted by Gasteiger charge is 2.24. The first kappa shape index (κ1) is 17.3. The summed E-state index contributed by atoms with van der Waals surface area (Å²) in [7, 11) is 0. The van der Waals surface area contributed by atoms with Crippen LogP contribution < -0.4 is 5.32 Å². The van der Waals surface area contributed by atoms with Crippen molar-refractivity contribution in [3.63, 3.8) is 0 Å². The van der Waals surface area contributed by atoms with Crippen LogP contribution in [-0.4, -0.2) is 29.9 Å². The molecule has 138 valence electrons. The fraction of sp³-hybridized carbons (Fsp3) is 0.500. The first-order valence-electron chi connectivity index (χ1n) is 9.83. The van der Waals surface area contributed by atoms with E-state index in [4.69, 9.17) is 4.42 Å². The summed E-state index contributed by atoms with van der Waals surface area (Å²) in [4.78, 5) is 14.5. The first-order chi connectivity index (χ1) is 12.7. The molecule has 1 aromatic carbocycles. The number of likely N-dealkylation sites (tertiary alicyclic amines) is 1. The molecule has 4 rings (SSSR count). The Hall–Kier alpha value is -2.07. The van der Waals surface area contributed by atoms with Crippen molar-refractivity contribution >= 4 is 5.91 Å². The predicted molar refractivity (Wildman–Crippen MR) is 102 cm³/mol. The molecule has 0 radical (unpaired) electrons. The van der Waals surface area contributed by atoms with Gasteiger partial charge in [-0.05, 0) is 87.9 Å². The van der Waals surface area contributed by atoms with Crippen molar-refractivity contribution in [2.24, 2.45) is 5.92 Å². The number of hydrogen-bond acceptors (Lipinski definition) is 3. The summed E-state index contributed by atoms with van der Waals surface area (Å²) in [6.07, 6.45) is 5.82. The molecule has 1 aliphatic heterocycles. The van der Waals surface area contributed by atoms with Crippen LogP contribution in [0.1, 0.15) is 53.1 Å². The van der Waals surface area contributed by atoms with E-state index in [2.05, 4.69) is 28.4 Å². The van der Waals surface area contributed by atoms with E-state index in [0.29, 0.717) is 6.04 Å². The number of carbonyl (C=O) groups is 1. The molecule has 0 bridgehead atoms. The molecule has 4 heteroatoms. The Kier molecular flexibility index (Phi) is 5.11. The highest BCUT2D eigenvalue weighted by Crippen LogP contribution is 2.24.